The summed E-state index contributed by atoms with van der Waals surface area (Å²) in [6, 6.07) is 3.75. The second kappa shape index (κ2) is 14.2. The molecule has 2 heterocycles. The molecular formula is C33H41NO16. The Morgan fingerprint density at radius 1 is 0.960 bits per heavy atom. The highest BCUT2D eigenvalue weighted by Gasteiger charge is 2.49. The lowest BCUT2D eigenvalue weighted by molar-refractivity contribution is -0.286. The molecule has 2 saturated heterocycles. The topological polar surface area (TPSA) is 296 Å². The zero-order chi connectivity index (χ0) is 37.0. The monoisotopic (exact) mass is 707 g/mol. The van der Waals surface area contributed by atoms with Gasteiger partial charge in [-0.25, -0.2) is 0 Å². The molecule has 0 unspecified atom stereocenters. The number of fused-ring (bicyclic) bond motifs is 3. The summed E-state index contributed by atoms with van der Waals surface area (Å²) in [5.74, 6) is -3.18. The summed E-state index contributed by atoms with van der Waals surface area (Å²) in [5.41, 5.74) is 2.97. The Morgan fingerprint density at radius 3 is 2.22 bits per heavy atom. The lowest BCUT2D eigenvalue weighted by atomic mass is 9.72. The van der Waals surface area contributed by atoms with Crippen LogP contribution in [0, 0.1) is 0 Å². The zero-order valence-electron chi connectivity index (χ0n) is 27.3. The average Bonchev–Trinajstić information content (AvgIpc) is 3.07. The van der Waals surface area contributed by atoms with Gasteiger partial charge in [-0.15, -0.1) is 0 Å². The van der Waals surface area contributed by atoms with Crippen LogP contribution in [-0.4, -0.2) is 138 Å². The van der Waals surface area contributed by atoms with Crippen molar-refractivity contribution in [2.75, 3.05) is 13.7 Å². The molecule has 17 nitrogen and oxygen atoms in total. The summed E-state index contributed by atoms with van der Waals surface area (Å²) in [4.78, 5) is 39.6. The molecule has 0 spiro atoms. The van der Waals surface area contributed by atoms with Crippen molar-refractivity contribution in [3.63, 3.8) is 0 Å². The Kier molecular flexibility index (Phi) is 10.7. The predicted molar refractivity (Wildman–Crippen MR) is 166 cm³/mol. The fourth-order valence-electron chi connectivity index (χ4n) is 6.74. The third kappa shape index (κ3) is 6.39. The Morgan fingerprint density at radius 2 is 1.62 bits per heavy atom. The molecular weight excluding hydrogens is 666 g/mol. The van der Waals surface area contributed by atoms with E-state index in [-0.39, 0.29) is 40.8 Å². The van der Waals surface area contributed by atoms with Crippen LogP contribution >= 0.6 is 0 Å². The second-order valence-electron chi connectivity index (χ2n) is 12.9. The van der Waals surface area contributed by atoms with E-state index >= 15 is 0 Å². The number of Topliss-reactive ketones (excluding diaryl/α,β-unsaturated/α-hetero) is 1. The molecule has 2 fully saturated rings. The molecule has 2 aromatic carbocycles. The molecule has 0 bridgehead atoms. The standard InChI is InChI=1S/C27H29NO10.C6H12O6/c1-10-22(30)14(28)7-17(37-10)38-16-9-27(35,11(2)29)8-13-19(16)26(34)21-20(24(13)32)23(31)12-5-4-6-15(36-3)18(12)25(21)33;7-1-2-3(8)4(9)5(10)6(11)12-2/h4-6,10,14,16-17,22,30,32,34-35H,7-9,28H2,1-3H3;2-11H,1H2/t10-,14-,16-,17-,22+,27-;2-,3+,4+,5-,6-/m01/s1. The first-order valence-corrected chi connectivity index (χ1v) is 15.8. The number of rotatable bonds is 5. The van der Waals surface area contributed by atoms with Crippen LogP contribution in [-0.2, 0) is 25.4 Å². The summed E-state index contributed by atoms with van der Waals surface area (Å²) in [7, 11) is 1.34. The smallest absolute Gasteiger partial charge is 0.202 e. The number of benzene rings is 2. The van der Waals surface area contributed by atoms with Gasteiger partial charge in [0.1, 0.15) is 47.3 Å². The molecule has 0 amide bonds. The minimum absolute atomic E-state index is 0.0147. The molecule has 274 valence electrons. The van der Waals surface area contributed by atoms with E-state index < -0.39 is 120 Å². The van der Waals surface area contributed by atoms with E-state index in [0.717, 1.165) is 0 Å². The van der Waals surface area contributed by atoms with E-state index in [0.29, 0.717) is 0 Å². The maximum Gasteiger partial charge on any atom is 0.202 e. The molecule has 6 rings (SSSR count). The van der Waals surface area contributed by atoms with Gasteiger partial charge in [0.2, 0.25) is 5.78 Å². The minimum atomic E-state index is -2.00. The lowest BCUT2D eigenvalue weighted by Crippen LogP contribution is -2.58. The number of aliphatic hydroxyl groups excluding tert-OH is 6. The Labute approximate surface area is 285 Å². The number of phenols is 2. The Hall–Kier alpha value is -3.59. The van der Waals surface area contributed by atoms with Crippen molar-refractivity contribution in [2.24, 2.45) is 5.73 Å². The van der Waals surface area contributed by atoms with E-state index in [4.69, 9.17) is 45.5 Å². The lowest BCUT2D eigenvalue weighted by Gasteiger charge is -2.42. The highest BCUT2D eigenvalue weighted by Crippen LogP contribution is 2.52. The molecule has 2 aromatic rings. The van der Waals surface area contributed by atoms with E-state index in [1.54, 1.807) is 6.92 Å². The van der Waals surface area contributed by atoms with Crippen molar-refractivity contribution >= 4 is 17.3 Å². The number of carbonyl (C=O) groups is 3. The number of ketones is 3. The summed E-state index contributed by atoms with van der Waals surface area (Å²) in [6.45, 7) is 2.26. The first-order valence-electron chi connectivity index (χ1n) is 15.8. The first kappa shape index (κ1) is 37.7. The maximum absolute atomic E-state index is 13.6. The van der Waals surface area contributed by atoms with E-state index in [2.05, 4.69) is 4.74 Å². The summed E-state index contributed by atoms with van der Waals surface area (Å²) < 4.78 is 21.6. The summed E-state index contributed by atoms with van der Waals surface area (Å²) >= 11 is 0. The second-order valence-corrected chi connectivity index (χ2v) is 12.9. The number of aliphatic hydroxyl groups is 7. The van der Waals surface area contributed by atoms with E-state index in [9.17, 15) is 34.8 Å². The number of hydrogen-bond donors (Lipinski definition) is 10. The van der Waals surface area contributed by atoms with Crippen molar-refractivity contribution in [2.45, 2.75) is 100 Å². The van der Waals surface area contributed by atoms with Crippen LogP contribution in [0.2, 0.25) is 0 Å². The molecule has 11 atom stereocenters. The number of carbonyl (C=O) groups excluding carboxylic acids is 3. The molecule has 17 heteroatoms. The van der Waals surface area contributed by atoms with Gasteiger partial charge in [-0.2, -0.15) is 0 Å². The number of ether oxygens (including phenoxy) is 4. The molecule has 4 aliphatic rings. The van der Waals surface area contributed by atoms with Crippen molar-refractivity contribution < 1.29 is 79.3 Å². The first-order chi connectivity index (χ1) is 23.5. The van der Waals surface area contributed by atoms with Crippen molar-refractivity contribution in [1.29, 1.82) is 0 Å². The van der Waals surface area contributed by atoms with Gasteiger partial charge in [0.15, 0.2) is 24.1 Å². The SMILES string of the molecule is COc1cccc2c1C(=O)c1c(O)c3c(c(O)c1C2=O)C[C@@](O)(C(C)=O)C[C@@H]3O[C@H]1C[C@H](N)[C@H](O)[C@H](C)O1.OC[C@H]1O[C@@H](O)[C@H](O)[C@@H](O)[C@H]1O. The Balaban J connectivity index is 0.000000343. The molecule has 0 saturated carbocycles. The highest BCUT2D eigenvalue weighted by atomic mass is 16.7. The largest absolute Gasteiger partial charge is 0.507 e. The van der Waals surface area contributed by atoms with Gasteiger partial charge in [-0.1, -0.05) is 12.1 Å². The summed E-state index contributed by atoms with van der Waals surface area (Å²) in [5, 5.41) is 88.8. The number of hydrogen-bond acceptors (Lipinski definition) is 17. The van der Waals surface area contributed by atoms with Crippen molar-refractivity contribution in [3.05, 3.63) is 51.6 Å². The maximum atomic E-state index is 13.6. The van der Waals surface area contributed by atoms with Crippen LogP contribution in [0.1, 0.15) is 75.8 Å². The van der Waals surface area contributed by atoms with E-state index in [1.165, 1.54) is 32.2 Å². The van der Waals surface area contributed by atoms with Crippen molar-refractivity contribution in [3.8, 4) is 17.2 Å². The molecule has 2 aliphatic carbocycles. The predicted octanol–water partition coefficient (Wildman–Crippen LogP) is -2.19. The molecule has 0 radical (unpaired) electrons. The number of phenolic OH excluding ortho intramolecular Hbond substituents is 2. The van der Waals surface area contributed by atoms with Gasteiger partial charge in [-0.3, -0.25) is 14.4 Å². The van der Waals surface area contributed by atoms with Crippen LogP contribution < -0.4 is 10.5 Å². The van der Waals surface area contributed by atoms with Gasteiger partial charge in [-0.05, 0) is 19.9 Å². The molecule has 2 aliphatic heterocycles. The average molecular weight is 708 g/mol. The fraction of sp³-hybridized carbons (Fsp3) is 0.545. The highest BCUT2D eigenvalue weighted by molar-refractivity contribution is 6.31. The number of methoxy groups -OCH3 is 1. The zero-order valence-corrected chi connectivity index (χ0v) is 27.3. The summed E-state index contributed by atoms with van der Waals surface area (Å²) in [6.07, 6.45) is -11.6. The van der Waals surface area contributed by atoms with Gasteiger partial charge in [0.05, 0.1) is 48.7 Å². The van der Waals surface area contributed by atoms with Gasteiger partial charge in [0, 0.05) is 42.0 Å². The number of aromatic hydroxyl groups is 2. The van der Waals surface area contributed by atoms with Gasteiger partial charge in [0.25, 0.3) is 0 Å². The van der Waals surface area contributed by atoms with E-state index in [1.807, 2.05) is 0 Å². The molecule has 0 aromatic heterocycles. The Bertz CT molecular complexity index is 1650. The quantitative estimate of drug-likeness (QED) is 0.126. The molecule has 50 heavy (non-hydrogen) atoms. The minimum Gasteiger partial charge on any atom is -0.507 e. The third-order valence-electron chi connectivity index (χ3n) is 9.67. The van der Waals surface area contributed by atoms with Crippen LogP contribution in [0.4, 0.5) is 0 Å². The van der Waals surface area contributed by atoms with Crippen LogP contribution in [0.15, 0.2) is 18.2 Å². The number of nitrogens with two attached hydrogens (primary N) is 1. The van der Waals surface area contributed by atoms with Crippen LogP contribution in [0.3, 0.4) is 0 Å². The fourth-order valence-corrected chi connectivity index (χ4v) is 6.74. The van der Waals surface area contributed by atoms with Crippen LogP contribution in [0.25, 0.3) is 0 Å². The van der Waals surface area contributed by atoms with Crippen LogP contribution in [0.5, 0.6) is 17.2 Å². The molecule has 11 N–H and O–H groups in total. The third-order valence-corrected chi connectivity index (χ3v) is 9.67. The van der Waals surface area contributed by atoms with Crippen molar-refractivity contribution in [1.82, 2.24) is 0 Å². The van der Waals surface area contributed by atoms with Gasteiger partial charge >= 0.3 is 0 Å². The van der Waals surface area contributed by atoms with Gasteiger partial charge < -0.3 is 70.6 Å². The normalized spacial score (nSPS) is 34.9.